The lowest BCUT2D eigenvalue weighted by molar-refractivity contribution is -0.431. The first-order valence-electron chi connectivity index (χ1n) is 7.47. The third-order valence-corrected chi connectivity index (χ3v) is 3.37. The second-order valence-electron chi connectivity index (χ2n) is 5.56. The van der Waals surface area contributed by atoms with Crippen molar-refractivity contribution in [2.75, 3.05) is 41.7 Å². The number of hydrogen-bond donors (Lipinski definition) is 1. The van der Waals surface area contributed by atoms with E-state index in [0.29, 0.717) is 0 Å². The van der Waals surface area contributed by atoms with E-state index in [1.807, 2.05) is 0 Å². The molecule has 1 aliphatic heterocycles. The first-order valence-corrected chi connectivity index (χ1v) is 7.47. The molecule has 1 N–H and O–H groups in total. The zero-order valence-electron chi connectivity index (χ0n) is 14.9. The quantitative estimate of drug-likeness (QED) is 0.401. The molecule has 1 aliphatic rings. The van der Waals surface area contributed by atoms with Crippen LogP contribution in [0.1, 0.15) is 13.8 Å². The summed E-state index contributed by atoms with van der Waals surface area (Å²) in [5.74, 6) is -0.984. The maximum atomic E-state index is 10.6. The van der Waals surface area contributed by atoms with E-state index in [2.05, 4.69) is 4.89 Å². The predicted molar refractivity (Wildman–Crippen MR) is 78.4 cm³/mol. The number of rotatable bonds is 11. The maximum Gasteiger partial charge on any atom is 0.164 e. The van der Waals surface area contributed by atoms with Gasteiger partial charge in [0.05, 0.1) is 27.9 Å². The minimum Gasteiger partial charge on any atom is -0.387 e. The van der Waals surface area contributed by atoms with Crippen LogP contribution in [0.4, 0.5) is 0 Å². The molecule has 0 aliphatic carbocycles. The van der Waals surface area contributed by atoms with Crippen LogP contribution in [-0.2, 0) is 43.5 Å². The number of aliphatic hydroxyl groups excluding tert-OH is 1. The largest absolute Gasteiger partial charge is 0.387 e. The summed E-state index contributed by atoms with van der Waals surface area (Å²) in [5.41, 5.74) is 0. The van der Waals surface area contributed by atoms with E-state index in [1.165, 1.54) is 28.4 Å². The molecule has 5 atom stereocenters. The highest BCUT2D eigenvalue weighted by molar-refractivity contribution is 4.92. The van der Waals surface area contributed by atoms with Crippen LogP contribution in [0.2, 0.25) is 0 Å². The maximum absolute atomic E-state index is 10.6. The number of ether oxygens (including phenoxy) is 3. The van der Waals surface area contributed by atoms with Gasteiger partial charge in [0.2, 0.25) is 0 Å². The molecule has 0 aromatic carbocycles. The Hall–Kier alpha value is -0.400. The fourth-order valence-electron chi connectivity index (χ4n) is 2.50. The number of aliphatic hydroxyl groups is 1. The van der Waals surface area contributed by atoms with Gasteiger partial charge < -0.3 is 19.3 Å². The van der Waals surface area contributed by atoms with Gasteiger partial charge in [-0.2, -0.15) is 0 Å². The van der Waals surface area contributed by atoms with Crippen molar-refractivity contribution in [2.24, 2.45) is 0 Å². The molecule has 0 spiro atoms. The van der Waals surface area contributed by atoms with Crippen molar-refractivity contribution in [3.63, 3.8) is 0 Å². The summed E-state index contributed by atoms with van der Waals surface area (Å²) in [6.07, 6.45) is -4.27. The lowest BCUT2D eigenvalue weighted by Gasteiger charge is -2.46. The van der Waals surface area contributed by atoms with Gasteiger partial charge in [0.15, 0.2) is 18.0 Å². The van der Waals surface area contributed by atoms with E-state index in [-0.39, 0.29) is 13.2 Å². The van der Waals surface area contributed by atoms with Crippen LogP contribution >= 0.6 is 0 Å². The van der Waals surface area contributed by atoms with E-state index in [4.69, 9.17) is 38.6 Å². The lowest BCUT2D eigenvalue weighted by atomic mass is 9.97. The Morgan fingerprint density at radius 2 is 1.67 bits per heavy atom. The van der Waals surface area contributed by atoms with Crippen LogP contribution in [0, 0.1) is 0 Å². The summed E-state index contributed by atoms with van der Waals surface area (Å²) in [6, 6.07) is 0. The predicted octanol–water partition coefficient (Wildman–Crippen LogP) is -0.0150. The average Bonchev–Trinajstić information content (AvgIpc) is 2.53. The molecule has 0 amide bonds. The Kier molecular flexibility index (Phi) is 9.52. The highest BCUT2D eigenvalue weighted by Crippen LogP contribution is 2.31. The van der Waals surface area contributed by atoms with E-state index < -0.39 is 36.3 Å². The van der Waals surface area contributed by atoms with Crippen molar-refractivity contribution in [2.45, 2.75) is 50.2 Å². The zero-order valence-corrected chi connectivity index (χ0v) is 14.9. The minimum absolute atomic E-state index is 0.0544. The molecule has 144 valence electrons. The molecular weight excluding hydrogens is 328 g/mol. The molecule has 0 aromatic heterocycles. The van der Waals surface area contributed by atoms with E-state index in [0.717, 1.165) is 0 Å². The Morgan fingerprint density at radius 1 is 1.00 bits per heavy atom. The van der Waals surface area contributed by atoms with Gasteiger partial charge in [-0.15, -0.1) is 0 Å². The van der Waals surface area contributed by atoms with Gasteiger partial charge in [-0.3, -0.25) is 0 Å². The van der Waals surface area contributed by atoms with E-state index >= 15 is 0 Å². The summed E-state index contributed by atoms with van der Waals surface area (Å²) in [7, 11) is 5.54. The fraction of sp³-hybridized carbons (Fsp3) is 1.00. The Bertz CT molecular complexity index is 340. The average molecular weight is 356 g/mol. The summed E-state index contributed by atoms with van der Waals surface area (Å²) in [6.45, 7) is 3.56. The molecule has 1 rings (SSSR count). The first kappa shape index (κ1) is 21.6. The monoisotopic (exact) mass is 356 g/mol. The molecule has 0 radical (unpaired) electrons. The topological polar surface area (TPSA) is 103 Å². The summed E-state index contributed by atoms with van der Waals surface area (Å²) in [4.78, 5) is 29.4. The molecular formula is C14H28O10. The standard InChI is InChI=1S/C14H28O10/c1-14(2)21-9(7-16-3)11(15)13(22-14)12(24-19-6)10(23-18-5)8-20-17-4/h9-13,15H,7-8H2,1-6H3/t9-,10+,11-,12+,13-/m1/s1. The van der Waals surface area contributed by atoms with Gasteiger partial charge in [-0.1, -0.05) is 0 Å². The molecule has 1 heterocycles. The molecule has 24 heavy (non-hydrogen) atoms. The molecule has 0 bridgehead atoms. The van der Waals surface area contributed by atoms with Crippen molar-refractivity contribution in [3.8, 4) is 0 Å². The van der Waals surface area contributed by atoms with Gasteiger partial charge >= 0.3 is 0 Å². The minimum atomic E-state index is -1.07. The normalized spacial score (nSPS) is 29.4. The summed E-state index contributed by atoms with van der Waals surface area (Å²) in [5, 5.41) is 10.6. The van der Waals surface area contributed by atoms with Crippen molar-refractivity contribution in [3.05, 3.63) is 0 Å². The second kappa shape index (κ2) is 10.6. The molecule has 0 unspecified atom stereocenters. The molecule has 1 fully saturated rings. The first-order chi connectivity index (χ1) is 11.4. The van der Waals surface area contributed by atoms with Crippen molar-refractivity contribution in [1.29, 1.82) is 0 Å². The SMILES string of the molecule is COC[C@H]1OC(C)(C)O[C@@H]([C@@H](OOC)[C@H](COOC)OOC)[C@@H]1O. The summed E-state index contributed by atoms with van der Waals surface area (Å²) < 4.78 is 16.6. The van der Waals surface area contributed by atoms with Gasteiger partial charge in [-0.05, 0) is 13.8 Å². The highest BCUT2D eigenvalue weighted by atomic mass is 17.2. The summed E-state index contributed by atoms with van der Waals surface area (Å²) >= 11 is 0. The third-order valence-electron chi connectivity index (χ3n) is 3.37. The Morgan fingerprint density at radius 3 is 2.21 bits per heavy atom. The molecule has 0 saturated carbocycles. The van der Waals surface area contributed by atoms with Gasteiger partial charge in [-0.25, -0.2) is 29.3 Å². The third kappa shape index (κ3) is 6.15. The number of methoxy groups -OCH3 is 1. The van der Waals surface area contributed by atoms with Crippen LogP contribution < -0.4 is 0 Å². The Labute approximate surface area is 141 Å². The molecule has 1 saturated heterocycles. The van der Waals surface area contributed by atoms with Crippen molar-refractivity contribution < 1.29 is 48.6 Å². The molecule has 10 nitrogen and oxygen atoms in total. The van der Waals surface area contributed by atoms with E-state index in [1.54, 1.807) is 13.8 Å². The van der Waals surface area contributed by atoms with Crippen LogP contribution in [0.15, 0.2) is 0 Å². The van der Waals surface area contributed by atoms with Gasteiger partial charge in [0.1, 0.15) is 24.9 Å². The highest BCUT2D eigenvalue weighted by Gasteiger charge is 2.49. The van der Waals surface area contributed by atoms with Gasteiger partial charge in [0.25, 0.3) is 0 Å². The van der Waals surface area contributed by atoms with E-state index in [9.17, 15) is 5.11 Å². The molecule has 0 aromatic rings. The van der Waals surface area contributed by atoms with Crippen molar-refractivity contribution in [1.82, 2.24) is 0 Å². The van der Waals surface area contributed by atoms with Crippen LogP contribution in [0.3, 0.4) is 0 Å². The second-order valence-corrected chi connectivity index (χ2v) is 5.56. The zero-order chi connectivity index (χ0) is 18.2. The van der Waals surface area contributed by atoms with Crippen LogP contribution in [0.25, 0.3) is 0 Å². The molecule has 10 heteroatoms. The lowest BCUT2D eigenvalue weighted by Crippen LogP contribution is -2.62. The van der Waals surface area contributed by atoms with Gasteiger partial charge in [0, 0.05) is 7.11 Å². The Balaban J connectivity index is 3.00. The smallest absolute Gasteiger partial charge is 0.164 e. The number of hydrogen-bond acceptors (Lipinski definition) is 10. The van der Waals surface area contributed by atoms with Crippen molar-refractivity contribution >= 4 is 0 Å². The van der Waals surface area contributed by atoms with Crippen LogP contribution in [-0.4, -0.2) is 83.1 Å². The van der Waals surface area contributed by atoms with Crippen LogP contribution in [0.5, 0.6) is 0 Å². The fourth-order valence-corrected chi connectivity index (χ4v) is 2.50.